The number of aromatic amines is 1. The molecule has 3 aromatic heterocycles. The molecule has 0 radical (unpaired) electrons. The summed E-state index contributed by atoms with van der Waals surface area (Å²) in [6.07, 6.45) is 3.01. The number of aliphatic hydroxyl groups excluding tert-OH is 1. The standard InChI is InChI=1S/C24H22ClN5O5S/c1-36(32,15-6-8-26-9-7-15)30-14-4-2-13(3-5-14)20-16(25)10-17-23(28-20)29-24(27-17)35-19-12-34-21-18(31)11-33-22(19)21/h2-10,18-19,21-22,31H,11-12H2,1H3,(H,27,28,29)/t18-,19-,21-,22-,36?/m1/s1. The third-order valence-corrected chi connectivity index (χ3v) is 8.15. The molecule has 2 aliphatic heterocycles. The minimum absolute atomic E-state index is 0.223. The second kappa shape index (κ2) is 9.09. The fraction of sp³-hybridized carbons (Fsp3) is 0.292. The van der Waals surface area contributed by atoms with Crippen LogP contribution in [0.2, 0.25) is 5.02 Å². The third-order valence-electron chi connectivity index (χ3n) is 6.16. The van der Waals surface area contributed by atoms with Gasteiger partial charge in [0.1, 0.15) is 23.8 Å². The maximum atomic E-state index is 13.0. The van der Waals surface area contributed by atoms with E-state index >= 15 is 0 Å². The lowest BCUT2D eigenvalue weighted by atomic mass is 10.1. The topological polar surface area (TPSA) is 132 Å². The summed E-state index contributed by atoms with van der Waals surface area (Å²) in [5, 5.41) is 10.3. The highest BCUT2D eigenvalue weighted by Crippen LogP contribution is 2.33. The van der Waals surface area contributed by atoms with Crippen LogP contribution < -0.4 is 4.74 Å². The molecule has 5 atom stereocenters. The van der Waals surface area contributed by atoms with Gasteiger partial charge in [-0.2, -0.15) is 9.35 Å². The maximum absolute atomic E-state index is 13.0. The van der Waals surface area contributed by atoms with Crippen molar-refractivity contribution in [2.24, 2.45) is 4.36 Å². The van der Waals surface area contributed by atoms with Gasteiger partial charge in [0, 0.05) is 24.2 Å². The summed E-state index contributed by atoms with van der Waals surface area (Å²) in [5.74, 6) is 0. The van der Waals surface area contributed by atoms with E-state index in [0.717, 1.165) is 5.56 Å². The highest BCUT2D eigenvalue weighted by atomic mass is 35.5. The predicted octanol–water partition coefficient (Wildman–Crippen LogP) is 3.37. The number of ether oxygens (including phenoxy) is 3. The van der Waals surface area contributed by atoms with Crippen LogP contribution in [-0.4, -0.2) is 73.1 Å². The van der Waals surface area contributed by atoms with Crippen LogP contribution >= 0.6 is 11.6 Å². The van der Waals surface area contributed by atoms with Crippen LogP contribution in [0.3, 0.4) is 0 Å². The van der Waals surface area contributed by atoms with Crippen molar-refractivity contribution in [3.63, 3.8) is 0 Å². The van der Waals surface area contributed by atoms with Crippen LogP contribution in [0.25, 0.3) is 22.4 Å². The Balaban J connectivity index is 1.24. The lowest BCUT2D eigenvalue weighted by Crippen LogP contribution is -2.34. The summed E-state index contributed by atoms with van der Waals surface area (Å²) in [4.78, 5) is 16.7. The van der Waals surface area contributed by atoms with Crippen LogP contribution in [0.15, 0.2) is 64.1 Å². The molecule has 10 nitrogen and oxygen atoms in total. The first-order chi connectivity index (χ1) is 17.4. The highest BCUT2D eigenvalue weighted by molar-refractivity contribution is 7.93. The van der Waals surface area contributed by atoms with Crippen molar-refractivity contribution in [3.8, 4) is 17.3 Å². The Kier molecular flexibility index (Phi) is 5.89. The molecule has 0 saturated carbocycles. The van der Waals surface area contributed by atoms with E-state index in [4.69, 9.17) is 25.8 Å². The number of H-pyrrole nitrogens is 1. The zero-order valence-corrected chi connectivity index (χ0v) is 20.6. The van der Waals surface area contributed by atoms with Crippen molar-refractivity contribution < 1.29 is 23.5 Å². The molecule has 2 fully saturated rings. The number of benzene rings is 1. The Hall–Kier alpha value is -3.09. The van der Waals surface area contributed by atoms with E-state index in [9.17, 15) is 9.32 Å². The van der Waals surface area contributed by atoms with Gasteiger partial charge in [-0.3, -0.25) is 9.97 Å². The molecule has 2 N–H and O–H groups in total. The lowest BCUT2D eigenvalue weighted by molar-refractivity contribution is 0.00706. The maximum Gasteiger partial charge on any atom is 0.296 e. The molecule has 4 aromatic rings. The molecule has 5 heterocycles. The smallest absolute Gasteiger partial charge is 0.296 e. The molecule has 1 unspecified atom stereocenters. The van der Waals surface area contributed by atoms with Gasteiger partial charge < -0.3 is 19.3 Å². The zero-order chi connectivity index (χ0) is 24.9. The first-order valence-corrected chi connectivity index (χ1v) is 13.5. The third kappa shape index (κ3) is 4.33. The number of fused-ring (bicyclic) bond motifs is 2. The molecule has 0 spiro atoms. The summed E-state index contributed by atoms with van der Waals surface area (Å²) < 4.78 is 34.6. The number of pyridine rings is 2. The van der Waals surface area contributed by atoms with Gasteiger partial charge >= 0.3 is 0 Å². The number of rotatable bonds is 5. The molecule has 6 rings (SSSR count). The predicted molar refractivity (Wildman–Crippen MR) is 133 cm³/mol. The Morgan fingerprint density at radius 1 is 1.11 bits per heavy atom. The van der Waals surface area contributed by atoms with Crippen molar-refractivity contribution in [3.05, 3.63) is 59.9 Å². The molecule has 186 valence electrons. The van der Waals surface area contributed by atoms with Crippen LogP contribution in [0.5, 0.6) is 6.01 Å². The summed E-state index contributed by atoms with van der Waals surface area (Å²) >= 11 is 6.53. The number of nitrogens with one attached hydrogen (secondary N) is 1. The molecule has 36 heavy (non-hydrogen) atoms. The molecule has 12 heteroatoms. The van der Waals surface area contributed by atoms with E-state index < -0.39 is 15.8 Å². The van der Waals surface area contributed by atoms with Crippen molar-refractivity contribution in [1.29, 1.82) is 0 Å². The van der Waals surface area contributed by atoms with Gasteiger partial charge in [0.2, 0.25) is 0 Å². The van der Waals surface area contributed by atoms with Gasteiger partial charge in [0.05, 0.1) is 44.2 Å². The van der Waals surface area contributed by atoms with E-state index in [1.165, 1.54) is 0 Å². The van der Waals surface area contributed by atoms with E-state index in [1.807, 2.05) is 12.1 Å². The van der Waals surface area contributed by atoms with Gasteiger partial charge in [0.25, 0.3) is 6.01 Å². The molecule has 0 amide bonds. The van der Waals surface area contributed by atoms with Gasteiger partial charge in [-0.05, 0) is 30.3 Å². The average molecular weight is 528 g/mol. The minimum atomic E-state index is -2.61. The minimum Gasteiger partial charge on any atom is -0.456 e. The van der Waals surface area contributed by atoms with E-state index in [1.54, 1.807) is 49.0 Å². The van der Waals surface area contributed by atoms with E-state index in [2.05, 4.69) is 24.3 Å². The van der Waals surface area contributed by atoms with E-state index in [0.29, 0.717) is 39.1 Å². The number of hydrogen-bond acceptors (Lipinski definition) is 9. The largest absolute Gasteiger partial charge is 0.456 e. The molecule has 0 bridgehead atoms. The molecule has 2 aliphatic rings. The summed E-state index contributed by atoms with van der Waals surface area (Å²) in [6, 6.07) is 12.6. The number of halogens is 1. The van der Waals surface area contributed by atoms with Crippen molar-refractivity contribution in [1.82, 2.24) is 19.9 Å². The van der Waals surface area contributed by atoms with Crippen molar-refractivity contribution >= 4 is 38.2 Å². The second-order valence-electron chi connectivity index (χ2n) is 8.67. The fourth-order valence-corrected chi connectivity index (χ4v) is 5.88. The summed E-state index contributed by atoms with van der Waals surface area (Å²) in [7, 11) is -2.61. The Bertz CT molecular complexity index is 1540. The SMILES string of the molecule is CS(=O)(=Nc1ccc(-c2nc3[nH]c(O[C@@H]4CO[C@H]5[C@@H]4OC[C@H]5O)nc3cc2Cl)cc1)c1ccncc1. The number of hydrogen-bond donors (Lipinski definition) is 2. The second-order valence-corrected chi connectivity index (χ2v) is 11.3. The number of imidazole rings is 1. The number of aliphatic hydroxyl groups is 1. The molecular formula is C24H22ClN5O5S. The van der Waals surface area contributed by atoms with Crippen molar-refractivity contribution in [2.75, 3.05) is 19.5 Å². The van der Waals surface area contributed by atoms with Gasteiger partial charge in [0.15, 0.2) is 11.8 Å². The molecule has 2 saturated heterocycles. The normalized spacial score (nSPS) is 25.0. The monoisotopic (exact) mass is 527 g/mol. The quantitative estimate of drug-likeness (QED) is 0.404. The Morgan fingerprint density at radius 3 is 2.64 bits per heavy atom. The summed E-state index contributed by atoms with van der Waals surface area (Å²) in [5.41, 5.74) is 2.97. The molecular weight excluding hydrogens is 506 g/mol. The number of aromatic nitrogens is 4. The van der Waals surface area contributed by atoms with Crippen LogP contribution in [0.4, 0.5) is 5.69 Å². The zero-order valence-electron chi connectivity index (χ0n) is 19.1. The number of nitrogens with zero attached hydrogens (tertiary/aromatic N) is 4. The van der Waals surface area contributed by atoms with Crippen LogP contribution in [0.1, 0.15) is 0 Å². The van der Waals surface area contributed by atoms with Gasteiger partial charge in [-0.1, -0.05) is 23.7 Å². The van der Waals surface area contributed by atoms with Gasteiger partial charge in [-0.15, -0.1) is 0 Å². The first kappa shape index (κ1) is 23.3. The fourth-order valence-electron chi connectivity index (χ4n) is 4.37. The van der Waals surface area contributed by atoms with Crippen molar-refractivity contribution in [2.45, 2.75) is 29.3 Å². The van der Waals surface area contributed by atoms with Crippen LogP contribution in [-0.2, 0) is 19.2 Å². The van der Waals surface area contributed by atoms with Crippen LogP contribution in [0, 0.1) is 0 Å². The Labute approximate surface area is 211 Å². The summed E-state index contributed by atoms with van der Waals surface area (Å²) in [6.45, 7) is 0.520. The molecule has 0 aliphatic carbocycles. The lowest BCUT2D eigenvalue weighted by Gasteiger charge is -2.15. The molecule has 1 aromatic carbocycles. The van der Waals surface area contributed by atoms with E-state index in [-0.39, 0.29) is 30.9 Å². The van der Waals surface area contributed by atoms with Gasteiger partial charge in [-0.25, -0.2) is 9.19 Å². The average Bonchev–Trinajstić information content (AvgIpc) is 3.56. The Morgan fingerprint density at radius 2 is 1.86 bits per heavy atom. The highest BCUT2D eigenvalue weighted by Gasteiger charge is 2.48. The first-order valence-electron chi connectivity index (χ1n) is 11.2.